The Kier molecular flexibility index (Phi) is 11.9. The molecule has 60 heavy (non-hydrogen) atoms. The first kappa shape index (κ1) is 42.5. The molecule has 1 aliphatic heterocycles. The number of hydrogen-bond acceptors (Lipinski definition) is 8. The van der Waals surface area contributed by atoms with Gasteiger partial charge in [-0.3, -0.25) is 9.59 Å². The van der Waals surface area contributed by atoms with Crippen LogP contribution < -0.4 is 10.6 Å². The van der Waals surface area contributed by atoms with Crippen LogP contribution in [0.3, 0.4) is 0 Å². The van der Waals surface area contributed by atoms with E-state index in [2.05, 4.69) is 38.7 Å². The maximum absolute atomic E-state index is 16.0. The Morgan fingerprint density at radius 2 is 1.55 bits per heavy atom. The summed E-state index contributed by atoms with van der Waals surface area (Å²) in [6.07, 6.45) is -0.136. The summed E-state index contributed by atoms with van der Waals surface area (Å²) in [5, 5.41) is 6.97. The van der Waals surface area contributed by atoms with E-state index >= 15 is 4.39 Å². The quantitative estimate of drug-likeness (QED) is 0.0965. The third-order valence-corrected chi connectivity index (χ3v) is 14.7. The molecule has 2 fully saturated rings. The van der Waals surface area contributed by atoms with Crippen LogP contribution in [-0.4, -0.2) is 95.4 Å². The average Bonchev–Trinajstić information content (AvgIpc) is 4.02. The van der Waals surface area contributed by atoms with Gasteiger partial charge in [-0.15, -0.1) is 0 Å². The highest BCUT2D eigenvalue weighted by atomic mass is 28.3. The Labute approximate surface area is 348 Å². The van der Waals surface area contributed by atoms with Crippen LogP contribution >= 0.6 is 0 Å². The zero-order valence-corrected chi connectivity index (χ0v) is 36.2. The lowest BCUT2D eigenvalue weighted by Gasteiger charge is -2.30. The van der Waals surface area contributed by atoms with Gasteiger partial charge in [-0.2, -0.15) is 0 Å². The molecule has 0 bridgehead atoms. The number of ketones is 1. The lowest BCUT2D eigenvalue weighted by Crippen LogP contribution is -2.52. The van der Waals surface area contributed by atoms with E-state index in [0.717, 1.165) is 22.3 Å². The maximum atomic E-state index is 16.0. The minimum Gasteiger partial charge on any atom is -0.453 e. The largest absolute Gasteiger partial charge is 0.453 e. The Bertz CT molecular complexity index is 2450. The first-order valence-electron chi connectivity index (χ1n) is 20.4. The number of carbonyl (C=O) groups excluding carboxylic acids is 4. The van der Waals surface area contributed by atoms with E-state index in [-0.39, 0.29) is 42.4 Å². The molecule has 1 unspecified atom stereocenters. The van der Waals surface area contributed by atoms with Gasteiger partial charge in [0, 0.05) is 34.5 Å². The fourth-order valence-electron chi connectivity index (χ4n) is 8.93. The highest BCUT2D eigenvalue weighted by Crippen LogP contribution is 2.43. The number of hydrogen-bond donors (Lipinski definition) is 4. The summed E-state index contributed by atoms with van der Waals surface area (Å²) in [6.45, 7) is 11.8. The molecule has 0 spiro atoms. The predicted molar refractivity (Wildman–Crippen MR) is 227 cm³/mol. The Morgan fingerprint density at radius 1 is 0.867 bits per heavy atom. The van der Waals surface area contributed by atoms with E-state index in [1.807, 2.05) is 69.0 Å². The first-order chi connectivity index (χ1) is 28.5. The maximum Gasteiger partial charge on any atom is 0.407 e. The van der Waals surface area contributed by atoms with E-state index in [0.29, 0.717) is 45.7 Å². The van der Waals surface area contributed by atoms with E-state index in [9.17, 15) is 23.6 Å². The lowest BCUT2D eigenvalue weighted by atomic mass is 9.84. The molecule has 3 aromatic carbocycles. The van der Waals surface area contributed by atoms with Crippen molar-refractivity contribution in [3.05, 3.63) is 72.2 Å². The van der Waals surface area contributed by atoms with Crippen LogP contribution in [0.1, 0.15) is 64.1 Å². The number of fused-ring (bicyclic) bond motifs is 3. The number of H-pyrrole nitrogens is 2. The fraction of sp³-hybridized carbons (Fsp3) is 0.455. The molecule has 2 aliphatic rings. The molecule has 4 N–H and O–H groups in total. The van der Waals surface area contributed by atoms with Gasteiger partial charge < -0.3 is 35.0 Å². The average molecular weight is 842 g/mol. The van der Waals surface area contributed by atoms with Gasteiger partial charge in [0.25, 0.3) is 0 Å². The summed E-state index contributed by atoms with van der Waals surface area (Å²) < 4.78 is 40.5. The van der Waals surface area contributed by atoms with Crippen LogP contribution in [0.5, 0.6) is 0 Å². The van der Waals surface area contributed by atoms with E-state index < -0.39 is 56.2 Å². The highest BCUT2D eigenvalue weighted by molar-refractivity contribution is 6.78. The number of nitrogens with one attached hydrogen (secondary N) is 4. The molecular weight excluding hydrogens is 789 g/mol. The summed E-state index contributed by atoms with van der Waals surface area (Å²) in [6, 6.07) is 13.3. The van der Waals surface area contributed by atoms with E-state index in [4.69, 9.17) is 14.5 Å². The summed E-state index contributed by atoms with van der Waals surface area (Å²) in [4.78, 5) is 69.8. The van der Waals surface area contributed by atoms with Crippen molar-refractivity contribution in [1.82, 2.24) is 35.5 Å². The summed E-state index contributed by atoms with van der Waals surface area (Å²) in [7, 11) is 0.667. The second kappa shape index (κ2) is 16.8. The minimum absolute atomic E-state index is 0.0407. The summed E-state index contributed by atoms with van der Waals surface area (Å²) in [5.41, 5.74) is 3.68. The van der Waals surface area contributed by atoms with Crippen LogP contribution in [-0.2, 0) is 19.1 Å². The van der Waals surface area contributed by atoms with Gasteiger partial charge in [0.15, 0.2) is 5.78 Å². The number of nitrogens with zero attached hydrogens (tertiary/aromatic N) is 3. The number of aromatic amines is 2. The molecule has 6 atom stereocenters. The molecule has 3 heterocycles. The van der Waals surface area contributed by atoms with Gasteiger partial charge in [-0.25, -0.2) is 28.3 Å². The number of aromatic nitrogens is 4. The number of alkyl carbamates (subject to hydrolysis) is 2. The van der Waals surface area contributed by atoms with Gasteiger partial charge in [-0.1, -0.05) is 71.1 Å². The second-order valence-electron chi connectivity index (χ2n) is 17.6. The molecule has 7 rings (SSSR count). The topological polar surface area (TPSA) is 171 Å². The van der Waals surface area contributed by atoms with Crippen molar-refractivity contribution in [2.75, 3.05) is 20.4 Å². The molecule has 318 valence electrons. The van der Waals surface area contributed by atoms with Crippen molar-refractivity contribution in [1.29, 1.82) is 0 Å². The Hall–Kier alpha value is -5.64. The van der Waals surface area contributed by atoms with Gasteiger partial charge in [0.1, 0.15) is 29.7 Å². The monoisotopic (exact) mass is 841 g/mol. The van der Waals surface area contributed by atoms with Crippen molar-refractivity contribution in [2.24, 2.45) is 17.8 Å². The molecule has 1 saturated heterocycles. The van der Waals surface area contributed by atoms with E-state index in [1.54, 1.807) is 12.3 Å². The van der Waals surface area contributed by atoms with Gasteiger partial charge >= 0.3 is 12.2 Å². The zero-order valence-electron chi connectivity index (χ0n) is 35.2. The molecule has 5 aromatic rings. The normalized spacial score (nSPS) is 21.1. The van der Waals surface area contributed by atoms with Crippen LogP contribution in [0, 0.1) is 23.6 Å². The number of ether oxygens (including phenoxy) is 2. The van der Waals surface area contributed by atoms with Crippen molar-refractivity contribution in [3.8, 4) is 22.4 Å². The van der Waals surface area contributed by atoms with Crippen molar-refractivity contribution >= 4 is 53.8 Å². The van der Waals surface area contributed by atoms with E-state index in [1.165, 1.54) is 20.3 Å². The number of alkyl halides is 1. The van der Waals surface area contributed by atoms with Gasteiger partial charge in [0.05, 0.1) is 57.3 Å². The first-order valence-corrected chi connectivity index (χ1v) is 23.8. The van der Waals surface area contributed by atoms with Gasteiger partial charge in [-0.05, 0) is 59.9 Å². The predicted octanol–water partition coefficient (Wildman–Crippen LogP) is 8.21. The number of rotatable bonds is 11. The number of amides is 3. The Morgan fingerprint density at radius 3 is 2.22 bits per heavy atom. The third kappa shape index (κ3) is 8.38. The molecule has 2 aromatic heterocycles. The van der Waals surface area contributed by atoms with Crippen LogP contribution in [0.2, 0.25) is 19.1 Å². The Balaban J connectivity index is 1.12. The lowest BCUT2D eigenvalue weighted by molar-refractivity contribution is -0.135. The van der Waals surface area contributed by atoms with Crippen LogP contribution in [0.25, 0.3) is 44.2 Å². The molecule has 3 amide bonds. The zero-order chi connectivity index (χ0) is 43.2. The van der Waals surface area contributed by atoms with Crippen molar-refractivity contribution in [3.63, 3.8) is 0 Å². The van der Waals surface area contributed by atoms with Gasteiger partial charge in [0.2, 0.25) is 5.91 Å². The smallest absolute Gasteiger partial charge is 0.407 e. The molecule has 13 nitrogen and oxygen atoms in total. The number of Topliss-reactive ketones (excluding diaryl/α,β-unsaturated/α-hetero) is 1. The van der Waals surface area contributed by atoms with Crippen LogP contribution in [0.4, 0.5) is 18.4 Å². The standard InChI is InChI=1S/C44H53F2N7O6Si/c1-22(2)36(51-43(56)58-5)39(54)30-17-27(45)18-31(30)40-48-33-14-11-25-15-24(9-13-29(25)38(33)50-40)28-12-10-26(16-32(28)46)34-19-47-41(49-34)35-20-60(7,8)21-53(35)42(55)37(23(3)4)52-44(57)59-6/h9-16,19,22-23,27,30-31,35-37H,17-18,20-21H2,1-8H3,(H,47,49)(H,48,50)(H,51,56)(H,52,57)/t27-,30?,31+,35-,36-,37-/m0/s1. The number of imidazole rings is 2. The number of methoxy groups -OCH3 is 2. The summed E-state index contributed by atoms with van der Waals surface area (Å²) in [5.74, 6) is -1.33. The summed E-state index contributed by atoms with van der Waals surface area (Å²) >= 11 is 0. The fourth-order valence-corrected chi connectivity index (χ4v) is 11.8. The molecule has 0 radical (unpaired) electrons. The molecule has 1 aliphatic carbocycles. The second-order valence-corrected chi connectivity index (χ2v) is 22.7. The minimum atomic E-state index is -1.83. The van der Waals surface area contributed by atoms with Crippen molar-refractivity contribution in [2.45, 2.75) is 89.9 Å². The molecule has 1 saturated carbocycles. The van der Waals surface area contributed by atoms with Crippen molar-refractivity contribution < 1.29 is 37.4 Å². The molecular formula is C44H53F2N7O6Si. The third-order valence-electron chi connectivity index (χ3n) is 12.0. The highest BCUT2D eigenvalue weighted by Gasteiger charge is 2.46. The molecule has 16 heteroatoms. The van der Waals surface area contributed by atoms with Crippen LogP contribution in [0.15, 0.2) is 54.7 Å². The SMILES string of the molecule is COC(=O)N[C@H](C(=O)C1C[C@H](F)C[C@H]1c1nc2c(ccc3cc(-c4ccc(-c5cnc([C@@H]6C[Si](C)(C)CN6C(=O)[C@@H](NC(=O)OC)C(C)C)[nH]5)cc4F)ccc32)[nH]1)C(C)C. The number of halogens is 2. The number of benzene rings is 3. The number of carbonyl (C=O) groups is 4.